The highest BCUT2D eigenvalue weighted by Gasteiger charge is 2.22. The molecule has 0 aliphatic carbocycles. The second-order valence-corrected chi connectivity index (χ2v) is 6.97. The summed E-state index contributed by atoms with van der Waals surface area (Å²) in [5.41, 5.74) is 0. The van der Waals surface area contributed by atoms with Gasteiger partial charge in [0.15, 0.2) is 6.10 Å². The van der Waals surface area contributed by atoms with Crippen molar-refractivity contribution in [1.82, 2.24) is 10.2 Å². The third kappa shape index (κ3) is 5.70. The molecule has 4 nitrogen and oxygen atoms in total. The molecular formula is C18H27ClN2O2. The molecule has 128 valence electrons. The van der Waals surface area contributed by atoms with E-state index in [1.54, 1.807) is 25.1 Å². The van der Waals surface area contributed by atoms with Crippen molar-refractivity contribution in [3.63, 3.8) is 0 Å². The number of nitrogens with zero attached hydrogens (tertiary/aromatic N) is 1. The zero-order valence-electron chi connectivity index (χ0n) is 14.2. The molecule has 1 fully saturated rings. The second-order valence-electron chi connectivity index (χ2n) is 6.53. The Morgan fingerprint density at radius 1 is 1.39 bits per heavy atom. The number of rotatable bonds is 6. The summed E-state index contributed by atoms with van der Waals surface area (Å²) >= 11 is 5.92. The molecular weight excluding hydrogens is 312 g/mol. The molecule has 1 aliphatic rings. The van der Waals surface area contributed by atoms with Crippen LogP contribution in [-0.4, -0.2) is 42.6 Å². The van der Waals surface area contributed by atoms with Gasteiger partial charge in [-0.1, -0.05) is 24.6 Å². The van der Waals surface area contributed by atoms with Crippen LogP contribution in [0.15, 0.2) is 24.3 Å². The molecule has 23 heavy (non-hydrogen) atoms. The Hall–Kier alpha value is -1.26. The second kappa shape index (κ2) is 8.55. The van der Waals surface area contributed by atoms with E-state index in [9.17, 15) is 4.79 Å². The van der Waals surface area contributed by atoms with Crippen LogP contribution in [0.5, 0.6) is 5.75 Å². The van der Waals surface area contributed by atoms with Crippen molar-refractivity contribution in [2.45, 2.75) is 45.8 Å². The molecule has 0 saturated carbocycles. The van der Waals surface area contributed by atoms with Gasteiger partial charge in [0.25, 0.3) is 5.91 Å². The van der Waals surface area contributed by atoms with Crippen molar-refractivity contribution in [3.8, 4) is 5.75 Å². The number of likely N-dealkylation sites (tertiary alicyclic amines) is 1. The number of carbonyl (C=O) groups excluding carboxylic acids is 1. The quantitative estimate of drug-likeness (QED) is 0.865. The fourth-order valence-electron chi connectivity index (χ4n) is 2.79. The first-order valence-electron chi connectivity index (χ1n) is 8.39. The number of hydrogen-bond donors (Lipinski definition) is 1. The van der Waals surface area contributed by atoms with Gasteiger partial charge in [-0.2, -0.15) is 0 Å². The third-order valence-corrected chi connectivity index (χ3v) is 4.73. The Labute approximate surface area is 144 Å². The van der Waals surface area contributed by atoms with Crippen molar-refractivity contribution in [3.05, 3.63) is 29.3 Å². The van der Waals surface area contributed by atoms with Gasteiger partial charge in [0, 0.05) is 17.6 Å². The van der Waals surface area contributed by atoms with Crippen LogP contribution in [0.25, 0.3) is 0 Å². The summed E-state index contributed by atoms with van der Waals surface area (Å²) in [5.74, 6) is 1.33. The molecule has 0 spiro atoms. The van der Waals surface area contributed by atoms with Gasteiger partial charge >= 0.3 is 0 Å². The van der Waals surface area contributed by atoms with Gasteiger partial charge in [-0.15, -0.1) is 0 Å². The zero-order valence-corrected chi connectivity index (χ0v) is 15.0. The van der Waals surface area contributed by atoms with Gasteiger partial charge in [0.05, 0.1) is 0 Å². The van der Waals surface area contributed by atoms with Gasteiger partial charge in [-0.25, -0.2) is 0 Å². The minimum atomic E-state index is -0.540. The molecule has 1 amide bonds. The zero-order chi connectivity index (χ0) is 16.8. The predicted octanol–water partition coefficient (Wildman–Crippen LogP) is 3.34. The first-order valence-corrected chi connectivity index (χ1v) is 8.77. The van der Waals surface area contributed by atoms with Crippen molar-refractivity contribution >= 4 is 17.5 Å². The van der Waals surface area contributed by atoms with Gasteiger partial charge in [0.2, 0.25) is 0 Å². The molecule has 1 aliphatic heterocycles. The molecule has 5 heteroatoms. The first-order chi connectivity index (χ1) is 11.0. The van der Waals surface area contributed by atoms with E-state index in [0.717, 1.165) is 19.0 Å². The molecule has 0 radical (unpaired) electrons. The van der Waals surface area contributed by atoms with E-state index >= 15 is 0 Å². The number of nitrogens with one attached hydrogen (secondary N) is 1. The highest BCUT2D eigenvalue weighted by Crippen LogP contribution is 2.19. The van der Waals surface area contributed by atoms with Crippen LogP contribution in [0.3, 0.4) is 0 Å². The van der Waals surface area contributed by atoms with Gasteiger partial charge in [-0.05, 0) is 63.9 Å². The van der Waals surface area contributed by atoms with Crippen LogP contribution < -0.4 is 10.1 Å². The normalized spacial score (nSPS) is 19.1. The topological polar surface area (TPSA) is 41.6 Å². The van der Waals surface area contributed by atoms with E-state index in [1.807, 2.05) is 6.07 Å². The maximum Gasteiger partial charge on any atom is 0.260 e. The van der Waals surface area contributed by atoms with Crippen molar-refractivity contribution < 1.29 is 9.53 Å². The Kier molecular flexibility index (Phi) is 6.72. The summed E-state index contributed by atoms with van der Waals surface area (Å²) in [6.45, 7) is 9.11. The Morgan fingerprint density at radius 2 is 2.09 bits per heavy atom. The highest BCUT2D eigenvalue weighted by molar-refractivity contribution is 6.30. The van der Waals surface area contributed by atoms with Crippen LogP contribution in [-0.2, 0) is 4.79 Å². The monoisotopic (exact) mass is 338 g/mol. The Balaban J connectivity index is 1.75. The van der Waals surface area contributed by atoms with E-state index in [1.165, 1.54) is 12.8 Å². The predicted molar refractivity (Wildman–Crippen MR) is 94.0 cm³/mol. The number of ether oxygens (including phenoxy) is 1. The molecule has 2 atom stereocenters. The number of halogens is 1. The average molecular weight is 339 g/mol. The van der Waals surface area contributed by atoms with Crippen molar-refractivity contribution in [1.29, 1.82) is 0 Å². The minimum absolute atomic E-state index is 0.0952. The summed E-state index contributed by atoms with van der Waals surface area (Å²) in [5, 5.41) is 3.59. The number of hydrogen-bond acceptors (Lipinski definition) is 3. The molecule has 1 N–H and O–H groups in total. The Morgan fingerprint density at radius 3 is 2.74 bits per heavy atom. The lowest BCUT2D eigenvalue weighted by Gasteiger charge is -2.35. The molecule has 1 aromatic rings. The lowest BCUT2D eigenvalue weighted by Crippen LogP contribution is -2.47. The highest BCUT2D eigenvalue weighted by atomic mass is 35.5. The third-order valence-electron chi connectivity index (χ3n) is 4.49. The van der Waals surface area contributed by atoms with Crippen LogP contribution >= 0.6 is 11.6 Å². The van der Waals surface area contributed by atoms with Crippen molar-refractivity contribution in [2.75, 3.05) is 19.6 Å². The van der Waals surface area contributed by atoms with E-state index in [-0.39, 0.29) is 5.91 Å². The number of benzene rings is 1. The van der Waals surface area contributed by atoms with E-state index in [2.05, 4.69) is 24.1 Å². The Bertz CT molecular complexity index is 515. The van der Waals surface area contributed by atoms with E-state index in [0.29, 0.717) is 23.4 Å². The summed E-state index contributed by atoms with van der Waals surface area (Å²) in [6.07, 6.45) is 1.95. The fraction of sp³-hybridized carbons (Fsp3) is 0.611. The molecule has 1 aromatic carbocycles. The van der Waals surface area contributed by atoms with Crippen LogP contribution in [0.2, 0.25) is 5.02 Å². The van der Waals surface area contributed by atoms with Crippen LogP contribution in [0.1, 0.15) is 33.6 Å². The molecule has 1 heterocycles. The van der Waals surface area contributed by atoms with Crippen molar-refractivity contribution in [2.24, 2.45) is 5.92 Å². The first kappa shape index (κ1) is 18.1. The van der Waals surface area contributed by atoms with Gasteiger partial charge < -0.3 is 10.1 Å². The average Bonchev–Trinajstić information content (AvgIpc) is 2.53. The maximum atomic E-state index is 12.2. The van der Waals surface area contributed by atoms with E-state index < -0.39 is 6.10 Å². The van der Waals surface area contributed by atoms with Gasteiger partial charge in [-0.3, -0.25) is 9.69 Å². The molecule has 0 unspecified atom stereocenters. The standard InChI is InChI=1S/C18H27ClN2O2/c1-13-7-9-21(10-8-13)14(2)12-20-18(22)15(3)23-17-6-4-5-16(19)11-17/h4-6,11,13-15H,7-10,12H2,1-3H3,(H,20,22)/t14-,15+/m1/s1. The number of carbonyl (C=O) groups is 1. The van der Waals surface area contributed by atoms with E-state index in [4.69, 9.17) is 16.3 Å². The maximum absolute atomic E-state index is 12.2. The lowest BCUT2D eigenvalue weighted by molar-refractivity contribution is -0.127. The number of amides is 1. The summed E-state index contributed by atoms with van der Waals surface area (Å²) < 4.78 is 5.64. The minimum Gasteiger partial charge on any atom is -0.481 e. The smallest absolute Gasteiger partial charge is 0.260 e. The van der Waals surface area contributed by atoms with Crippen LogP contribution in [0, 0.1) is 5.92 Å². The lowest BCUT2D eigenvalue weighted by atomic mass is 9.98. The number of piperidine rings is 1. The molecule has 0 bridgehead atoms. The summed E-state index contributed by atoms with van der Waals surface area (Å²) in [6, 6.07) is 7.45. The SMILES string of the molecule is CC1CCN([C@H](C)CNC(=O)[C@H](C)Oc2cccc(Cl)c2)CC1. The van der Waals surface area contributed by atoms with Gasteiger partial charge in [0.1, 0.15) is 5.75 Å². The summed E-state index contributed by atoms with van der Waals surface area (Å²) in [7, 11) is 0. The molecule has 1 saturated heterocycles. The molecule has 0 aromatic heterocycles. The fourth-order valence-corrected chi connectivity index (χ4v) is 2.97. The largest absolute Gasteiger partial charge is 0.481 e. The van der Waals surface area contributed by atoms with Crippen LogP contribution in [0.4, 0.5) is 0 Å². The molecule has 2 rings (SSSR count). The summed E-state index contributed by atoms with van der Waals surface area (Å²) in [4.78, 5) is 14.6.